The van der Waals surface area contributed by atoms with Crippen molar-refractivity contribution < 1.29 is 18.4 Å². The molecule has 114 valence electrons. The van der Waals surface area contributed by atoms with E-state index >= 15 is 0 Å². The minimum atomic E-state index is -0.365. The van der Waals surface area contributed by atoms with Crippen LogP contribution in [-0.4, -0.2) is 43.2 Å². The normalized spacial score (nSPS) is 13.9. The highest BCUT2D eigenvalue weighted by molar-refractivity contribution is 5.86. The predicted molar refractivity (Wildman–Crippen MR) is 79.6 cm³/mol. The first-order chi connectivity index (χ1) is 9.67. The Bertz CT molecular complexity index is 375. The Labute approximate surface area is 122 Å². The molecule has 4 nitrogen and oxygen atoms in total. The molecule has 0 N–H and O–H groups in total. The number of hydrogen-bond donors (Lipinski definition) is 0. The third-order valence-electron chi connectivity index (χ3n) is 3.88. The Kier molecular flexibility index (Phi) is 7.37. The lowest BCUT2D eigenvalue weighted by molar-refractivity contribution is -0.926. The van der Waals surface area contributed by atoms with Gasteiger partial charge in [-0.3, -0.25) is 0 Å². The molecule has 1 aromatic rings. The number of ether oxygens (including phenoxy) is 1. The Morgan fingerprint density at radius 3 is 2.55 bits per heavy atom. The van der Waals surface area contributed by atoms with Gasteiger partial charge in [0.25, 0.3) is 0 Å². The number of carbonyl (C=O) groups excluding carboxylic acids is 1. The van der Waals surface area contributed by atoms with E-state index in [2.05, 4.69) is 20.8 Å². The van der Waals surface area contributed by atoms with Crippen molar-refractivity contribution in [2.24, 2.45) is 0 Å². The highest BCUT2D eigenvalue weighted by Crippen LogP contribution is 2.11. The van der Waals surface area contributed by atoms with Gasteiger partial charge in [-0.25, -0.2) is 4.79 Å². The van der Waals surface area contributed by atoms with E-state index in [-0.39, 0.29) is 11.7 Å². The molecule has 1 unspecified atom stereocenters. The van der Waals surface area contributed by atoms with Crippen molar-refractivity contribution in [3.8, 4) is 0 Å². The standard InChI is InChI=1S/C16H28NO3/c1-4-7-11-17(6-3,10-5-2)12-14-20-16(18)15-9-8-13-19-15/h8-9,13H,4-7,10-12,14H2,1-3H3/q+1. The van der Waals surface area contributed by atoms with Crippen molar-refractivity contribution in [3.05, 3.63) is 24.2 Å². The van der Waals surface area contributed by atoms with Crippen molar-refractivity contribution in [1.29, 1.82) is 0 Å². The molecule has 1 aromatic heterocycles. The van der Waals surface area contributed by atoms with Crippen LogP contribution >= 0.6 is 0 Å². The number of hydrogen-bond acceptors (Lipinski definition) is 3. The van der Waals surface area contributed by atoms with Gasteiger partial charge in [0.05, 0.1) is 25.9 Å². The molecule has 0 aliphatic heterocycles. The Morgan fingerprint density at radius 1 is 1.20 bits per heavy atom. The van der Waals surface area contributed by atoms with Crippen molar-refractivity contribution in [2.75, 3.05) is 32.8 Å². The zero-order valence-electron chi connectivity index (χ0n) is 13.1. The van der Waals surface area contributed by atoms with Crippen molar-refractivity contribution >= 4 is 5.97 Å². The Hall–Kier alpha value is -1.29. The summed E-state index contributed by atoms with van der Waals surface area (Å²) in [7, 11) is 0. The second kappa shape index (κ2) is 8.80. The molecule has 0 bridgehead atoms. The molecular weight excluding hydrogens is 254 g/mol. The van der Waals surface area contributed by atoms with Crippen LogP contribution in [0, 0.1) is 0 Å². The SMILES string of the molecule is CCCC[N+](CC)(CCC)CCOC(=O)c1ccco1. The van der Waals surface area contributed by atoms with Gasteiger partial charge in [0.15, 0.2) is 0 Å². The molecule has 4 heteroatoms. The number of unbranched alkanes of at least 4 members (excludes halogenated alkanes) is 1. The highest BCUT2D eigenvalue weighted by Gasteiger charge is 2.24. The smallest absolute Gasteiger partial charge is 0.374 e. The fraction of sp³-hybridized carbons (Fsp3) is 0.688. The molecule has 0 fully saturated rings. The highest BCUT2D eigenvalue weighted by atomic mass is 16.5. The molecule has 1 heterocycles. The number of quaternary nitrogens is 1. The zero-order chi connectivity index (χ0) is 14.8. The molecule has 0 spiro atoms. The van der Waals surface area contributed by atoms with Crippen LogP contribution in [0.3, 0.4) is 0 Å². The Balaban J connectivity index is 2.46. The molecular formula is C16H28NO3+. The van der Waals surface area contributed by atoms with Gasteiger partial charge in [0.2, 0.25) is 5.76 Å². The number of esters is 1. The molecule has 0 radical (unpaired) electrons. The van der Waals surface area contributed by atoms with Crippen LogP contribution in [0.2, 0.25) is 0 Å². The van der Waals surface area contributed by atoms with Crippen LogP contribution in [0.15, 0.2) is 22.8 Å². The van der Waals surface area contributed by atoms with Gasteiger partial charge in [0.1, 0.15) is 13.2 Å². The summed E-state index contributed by atoms with van der Waals surface area (Å²) >= 11 is 0. The van der Waals surface area contributed by atoms with Crippen molar-refractivity contribution in [3.63, 3.8) is 0 Å². The maximum atomic E-state index is 11.7. The minimum Gasteiger partial charge on any atom is -0.457 e. The molecule has 0 saturated heterocycles. The van der Waals surface area contributed by atoms with E-state index < -0.39 is 0 Å². The summed E-state index contributed by atoms with van der Waals surface area (Å²) < 4.78 is 11.4. The van der Waals surface area contributed by atoms with Crippen LogP contribution < -0.4 is 0 Å². The van der Waals surface area contributed by atoms with E-state index in [1.165, 1.54) is 25.6 Å². The number of rotatable bonds is 10. The molecule has 20 heavy (non-hydrogen) atoms. The summed E-state index contributed by atoms with van der Waals surface area (Å²) in [6.45, 7) is 11.4. The third kappa shape index (κ3) is 5.00. The largest absolute Gasteiger partial charge is 0.457 e. The fourth-order valence-electron chi connectivity index (χ4n) is 2.58. The van der Waals surface area contributed by atoms with E-state index in [1.807, 2.05) is 0 Å². The van der Waals surface area contributed by atoms with Crippen LogP contribution in [0.5, 0.6) is 0 Å². The van der Waals surface area contributed by atoms with Crippen LogP contribution in [0.4, 0.5) is 0 Å². The maximum absolute atomic E-state index is 11.7. The molecule has 0 amide bonds. The lowest BCUT2D eigenvalue weighted by atomic mass is 10.2. The number of likely N-dealkylation sites (N-methyl/N-ethyl adjacent to an activating group) is 1. The first-order valence-corrected chi connectivity index (χ1v) is 7.73. The third-order valence-corrected chi connectivity index (χ3v) is 3.88. The predicted octanol–water partition coefficient (Wildman–Crippen LogP) is 3.48. The van der Waals surface area contributed by atoms with E-state index in [1.54, 1.807) is 12.1 Å². The summed E-state index contributed by atoms with van der Waals surface area (Å²) in [5, 5.41) is 0. The zero-order valence-corrected chi connectivity index (χ0v) is 13.1. The average Bonchev–Trinajstić information content (AvgIpc) is 2.99. The maximum Gasteiger partial charge on any atom is 0.374 e. The first-order valence-electron chi connectivity index (χ1n) is 7.73. The molecule has 0 aromatic carbocycles. The van der Waals surface area contributed by atoms with Gasteiger partial charge >= 0.3 is 5.97 Å². The summed E-state index contributed by atoms with van der Waals surface area (Å²) in [5.74, 6) is -0.0835. The lowest BCUT2D eigenvalue weighted by Gasteiger charge is -2.37. The van der Waals surface area contributed by atoms with Gasteiger partial charge < -0.3 is 13.6 Å². The second-order valence-corrected chi connectivity index (χ2v) is 5.30. The molecule has 0 aliphatic rings. The first kappa shape index (κ1) is 16.8. The summed E-state index contributed by atoms with van der Waals surface area (Å²) in [5.41, 5.74) is 0. The summed E-state index contributed by atoms with van der Waals surface area (Å²) in [6.07, 6.45) is 5.07. The van der Waals surface area contributed by atoms with Crippen molar-refractivity contribution in [1.82, 2.24) is 0 Å². The molecule has 0 saturated carbocycles. The van der Waals surface area contributed by atoms with E-state index in [4.69, 9.17) is 9.15 Å². The summed E-state index contributed by atoms with van der Waals surface area (Å²) in [6, 6.07) is 3.33. The monoisotopic (exact) mass is 282 g/mol. The van der Waals surface area contributed by atoms with E-state index in [0.717, 1.165) is 30.5 Å². The number of furan rings is 1. The van der Waals surface area contributed by atoms with Gasteiger partial charge in [0, 0.05) is 0 Å². The number of nitrogens with zero attached hydrogens (tertiary/aromatic N) is 1. The van der Waals surface area contributed by atoms with Crippen LogP contribution in [0.25, 0.3) is 0 Å². The molecule has 1 atom stereocenters. The van der Waals surface area contributed by atoms with Gasteiger partial charge in [-0.15, -0.1) is 0 Å². The van der Waals surface area contributed by atoms with Gasteiger partial charge in [-0.1, -0.05) is 20.3 Å². The van der Waals surface area contributed by atoms with Gasteiger partial charge in [-0.05, 0) is 31.9 Å². The lowest BCUT2D eigenvalue weighted by Crippen LogP contribution is -2.51. The van der Waals surface area contributed by atoms with Crippen molar-refractivity contribution in [2.45, 2.75) is 40.0 Å². The topological polar surface area (TPSA) is 39.4 Å². The van der Waals surface area contributed by atoms with E-state index in [0.29, 0.717) is 6.61 Å². The summed E-state index contributed by atoms with van der Waals surface area (Å²) in [4.78, 5) is 11.7. The van der Waals surface area contributed by atoms with E-state index in [9.17, 15) is 4.79 Å². The van der Waals surface area contributed by atoms with Gasteiger partial charge in [-0.2, -0.15) is 0 Å². The number of carbonyl (C=O) groups is 1. The molecule has 0 aliphatic carbocycles. The quantitative estimate of drug-likeness (QED) is 0.487. The molecule has 1 rings (SSSR count). The minimum absolute atomic E-state index is 0.281. The van der Waals surface area contributed by atoms with Crippen LogP contribution in [0.1, 0.15) is 50.6 Å². The second-order valence-electron chi connectivity index (χ2n) is 5.30. The Morgan fingerprint density at radius 2 is 2.00 bits per heavy atom. The fourth-order valence-corrected chi connectivity index (χ4v) is 2.58. The average molecular weight is 282 g/mol. The van der Waals surface area contributed by atoms with Crippen LogP contribution in [-0.2, 0) is 4.74 Å².